The van der Waals surface area contributed by atoms with Crippen LogP contribution in [0.25, 0.3) is 0 Å². The quantitative estimate of drug-likeness (QED) is 0.768. The van der Waals surface area contributed by atoms with Gasteiger partial charge in [0.25, 0.3) is 0 Å². The van der Waals surface area contributed by atoms with Gasteiger partial charge < -0.3 is 10.5 Å². The molecule has 1 aromatic rings. The van der Waals surface area contributed by atoms with E-state index in [1.165, 1.54) is 24.0 Å². The Balaban J connectivity index is 1.83. The van der Waals surface area contributed by atoms with E-state index >= 15 is 0 Å². The molecule has 0 aliphatic heterocycles. The Bertz CT molecular complexity index is 388. The minimum atomic E-state index is -0.266. The first-order valence-electron chi connectivity index (χ1n) is 5.78. The number of hydrogen-bond acceptors (Lipinski definition) is 2. The van der Waals surface area contributed by atoms with Crippen LogP contribution >= 0.6 is 0 Å². The zero-order chi connectivity index (χ0) is 11.4. The maximum Gasteiger partial charge on any atom is 0.217 e. The van der Waals surface area contributed by atoms with Crippen LogP contribution in [0.1, 0.15) is 30.4 Å². The molecule has 1 amide bonds. The first-order chi connectivity index (χ1) is 7.75. The zero-order valence-electron chi connectivity index (χ0n) is 9.37. The van der Waals surface area contributed by atoms with Crippen LogP contribution < -0.4 is 10.5 Å². The molecule has 16 heavy (non-hydrogen) atoms. The lowest BCUT2D eigenvalue weighted by Crippen LogP contribution is -2.11. The van der Waals surface area contributed by atoms with Crippen LogP contribution in [0.2, 0.25) is 0 Å². The highest BCUT2D eigenvalue weighted by Crippen LogP contribution is 2.25. The molecule has 3 heteroatoms. The molecular formula is C13H17NO2. The topological polar surface area (TPSA) is 52.3 Å². The third kappa shape index (κ3) is 2.75. The van der Waals surface area contributed by atoms with E-state index in [1.54, 1.807) is 0 Å². The highest BCUT2D eigenvalue weighted by Gasteiger charge is 2.10. The summed E-state index contributed by atoms with van der Waals surface area (Å²) in [6.07, 6.45) is 4.68. The van der Waals surface area contributed by atoms with Gasteiger partial charge >= 0.3 is 0 Å². The number of primary amides is 1. The van der Waals surface area contributed by atoms with Gasteiger partial charge in [-0.1, -0.05) is 6.07 Å². The van der Waals surface area contributed by atoms with Gasteiger partial charge in [-0.15, -0.1) is 0 Å². The van der Waals surface area contributed by atoms with Gasteiger partial charge in [0.15, 0.2) is 0 Å². The first kappa shape index (κ1) is 11.0. The summed E-state index contributed by atoms with van der Waals surface area (Å²) >= 11 is 0. The number of benzene rings is 1. The molecule has 0 radical (unpaired) electrons. The van der Waals surface area contributed by atoms with Crippen LogP contribution in [0.15, 0.2) is 18.2 Å². The third-order valence-electron chi connectivity index (χ3n) is 2.91. The van der Waals surface area contributed by atoms with Crippen molar-refractivity contribution in [1.82, 2.24) is 0 Å². The number of ether oxygens (including phenoxy) is 1. The van der Waals surface area contributed by atoms with Crippen molar-refractivity contribution in [2.45, 2.75) is 32.1 Å². The maximum atomic E-state index is 10.5. The van der Waals surface area contributed by atoms with Crippen molar-refractivity contribution in [3.63, 3.8) is 0 Å². The molecule has 0 fully saturated rings. The normalized spacial score (nSPS) is 13.5. The van der Waals surface area contributed by atoms with E-state index in [0.29, 0.717) is 19.4 Å². The zero-order valence-corrected chi connectivity index (χ0v) is 9.37. The summed E-state index contributed by atoms with van der Waals surface area (Å²) in [6.45, 7) is 0.557. The summed E-state index contributed by atoms with van der Waals surface area (Å²) in [5.41, 5.74) is 7.91. The molecule has 1 aromatic carbocycles. The fraction of sp³-hybridized carbons (Fsp3) is 0.462. The van der Waals surface area contributed by atoms with Crippen LogP contribution in [0.4, 0.5) is 0 Å². The Labute approximate surface area is 95.6 Å². The van der Waals surface area contributed by atoms with E-state index in [9.17, 15) is 4.79 Å². The molecule has 0 atom stereocenters. The second-order valence-electron chi connectivity index (χ2n) is 4.20. The summed E-state index contributed by atoms with van der Waals surface area (Å²) < 4.78 is 5.57. The molecule has 86 valence electrons. The maximum absolute atomic E-state index is 10.5. The fourth-order valence-electron chi connectivity index (χ4n) is 2.07. The average Bonchev–Trinajstić information content (AvgIpc) is 2.71. The van der Waals surface area contributed by atoms with Crippen LogP contribution in [0.5, 0.6) is 5.75 Å². The Morgan fingerprint density at radius 2 is 2.12 bits per heavy atom. The van der Waals surface area contributed by atoms with Gasteiger partial charge in [0, 0.05) is 6.42 Å². The molecule has 1 aliphatic carbocycles. The SMILES string of the molecule is NC(=O)CCCOc1ccc2c(c1)CCC2. The van der Waals surface area contributed by atoms with Gasteiger partial charge in [-0.3, -0.25) is 4.79 Å². The lowest BCUT2D eigenvalue weighted by Gasteiger charge is -2.07. The largest absolute Gasteiger partial charge is 0.494 e. The first-order valence-corrected chi connectivity index (χ1v) is 5.78. The summed E-state index contributed by atoms with van der Waals surface area (Å²) in [5, 5.41) is 0. The van der Waals surface area contributed by atoms with Crippen LogP contribution in [0, 0.1) is 0 Å². The number of hydrogen-bond donors (Lipinski definition) is 1. The third-order valence-corrected chi connectivity index (χ3v) is 2.91. The van der Waals surface area contributed by atoms with Gasteiger partial charge in [0.1, 0.15) is 5.75 Å². The molecule has 0 bridgehead atoms. The summed E-state index contributed by atoms with van der Waals surface area (Å²) in [4.78, 5) is 10.5. The van der Waals surface area contributed by atoms with Crippen molar-refractivity contribution in [3.05, 3.63) is 29.3 Å². The minimum absolute atomic E-state index is 0.266. The Morgan fingerprint density at radius 1 is 1.31 bits per heavy atom. The van der Waals surface area contributed by atoms with Crippen molar-refractivity contribution in [1.29, 1.82) is 0 Å². The van der Waals surface area contributed by atoms with E-state index in [-0.39, 0.29) is 5.91 Å². The lowest BCUT2D eigenvalue weighted by atomic mass is 10.1. The molecule has 0 saturated carbocycles. The van der Waals surface area contributed by atoms with Crippen LogP contribution in [-0.4, -0.2) is 12.5 Å². The van der Waals surface area contributed by atoms with Crippen LogP contribution in [-0.2, 0) is 17.6 Å². The Morgan fingerprint density at radius 3 is 2.94 bits per heavy atom. The summed E-state index contributed by atoms with van der Waals surface area (Å²) in [7, 11) is 0. The van der Waals surface area contributed by atoms with E-state index in [0.717, 1.165) is 12.2 Å². The van der Waals surface area contributed by atoms with Crippen molar-refractivity contribution < 1.29 is 9.53 Å². The second-order valence-corrected chi connectivity index (χ2v) is 4.20. The number of nitrogens with two attached hydrogens (primary N) is 1. The average molecular weight is 219 g/mol. The molecule has 0 unspecified atom stereocenters. The lowest BCUT2D eigenvalue weighted by molar-refractivity contribution is -0.118. The molecule has 2 rings (SSSR count). The number of carbonyl (C=O) groups is 1. The molecule has 1 aliphatic rings. The number of amides is 1. The monoisotopic (exact) mass is 219 g/mol. The molecule has 0 aromatic heterocycles. The van der Waals surface area contributed by atoms with Crippen molar-refractivity contribution >= 4 is 5.91 Å². The molecular weight excluding hydrogens is 202 g/mol. The standard InChI is InChI=1S/C13H17NO2/c14-13(15)5-2-8-16-12-7-6-10-3-1-4-11(10)9-12/h6-7,9H,1-5,8H2,(H2,14,15). The highest BCUT2D eigenvalue weighted by molar-refractivity contribution is 5.73. The van der Waals surface area contributed by atoms with E-state index < -0.39 is 0 Å². The van der Waals surface area contributed by atoms with Gasteiger partial charge in [0.05, 0.1) is 6.61 Å². The molecule has 0 spiro atoms. The smallest absolute Gasteiger partial charge is 0.217 e. The predicted molar refractivity (Wildman–Crippen MR) is 62.4 cm³/mol. The summed E-state index contributed by atoms with van der Waals surface area (Å²) in [5.74, 6) is 0.641. The van der Waals surface area contributed by atoms with E-state index in [2.05, 4.69) is 12.1 Å². The van der Waals surface area contributed by atoms with Crippen molar-refractivity contribution in [3.8, 4) is 5.75 Å². The number of aryl methyl sites for hydroxylation is 2. The Kier molecular flexibility index (Phi) is 3.44. The van der Waals surface area contributed by atoms with Gasteiger partial charge in [0.2, 0.25) is 5.91 Å². The minimum Gasteiger partial charge on any atom is -0.494 e. The van der Waals surface area contributed by atoms with Crippen molar-refractivity contribution in [2.75, 3.05) is 6.61 Å². The van der Waals surface area contributed by atoms with Gasteiger partial charge in [-0.25, -0.2) is 0 Å². The number of fused-ring (bicyclic) bond motifs is 1. The van der Waals surface area contributed by atoms with Crippen LogP contribution in [0.3, 0.4) is 0 Å². The fourth-order valence-corrected chi connectivity index (χ4v) is 2.07. The second kappa shape index (κ2) is 5.01. The highest BCUT2D eigenvalue weighted by atomic mass is 16.5. The molecule has 0 heterocycles. The molecule has 3 nitrogen and oxygen atoms in total. The molecule has 2 N–H and O–H groups in total. The van der Waals surface area contributed by atoms with Gasteiger partial charge in [-0.2, -0.15) is 0 Å². The number of carbonyl (C=O) groups excluding carboxylic acids is 1. The predicted octanol–water partition coefficient (Wildman–Crippen LogP) is 1.82. The summed E-state index contributed by atoms with van der Waals surface area (Å²) in [6, 6.07) is 6.27. The van der Waals surface area contributed by atoms with E-state index in [4.69, 9.17) is 10.5 Å². The van der Waals surface area contributed by atoms with Crippen molar-refractivity contribution in [2.24, 2.45) is 5.73 Å². The van der Waals surface area contributed by atoms with E-state index in [1.807, 2.05) is 6.07 Å². The van der Waals surface area contributed by atoms with Gasteiger partial charge in [-0.05, 0) is 48.9 Å². The number of rotatable bonds is 5. The Hall–Kier alpha value is -1.51. The molecule has 0 saturated heterocycles.